The molecule has 1 aromatic rings. The molecule has 1 saturated heterocycles. The lowest BCUT2D eigenvalue weighted by molar-refractivity contribution is -0.124. The minimum atomic E-state index is -1.95. The van der Waals surface area contributed by atoms with Gasteiger partial charge in [-0.15, -0.1) is 0 Å². The Morgan fingerprint density at radius 1 is 1.58 bits per heavy atom. The van der Waals surface area contributed by atoms with Crippen molar-refractivity contribution in [2.24, 2.45) is 0 Å². The molecule has 2 fully saturated rings. The third-order valence-electron chi connectivity index (χ3n) is 3.90. The summed E-state index contributed by atoms with van der Waals surface area (Å²) in [7, 11) is 0. The van der Waals surface area contributed by atoms with Gasteiger partial charge in [-0.3, -0.25) is 14.3 Å². The first-order valence-corrected chi connectivity index (χ1v) is 5.92. The second-order valence-corrected chi connectivity index (χ2v) is 4.94. The number of aromatic nitrogens is 2. The summed E-state index contributed by atoms with van der Waals surface area (Å²) in [6, 6.07) is 0.565. The van der Waals surface area contributed by atoms with Crippen LogP contribution in [0.3, 0.4) is 0 Å². The van der Waals surface area contributed by atoms with Gasteiger partial charge in [0.2, 0.25) is 0 Å². The maximum Gasteiger partial charge on any atom is 0.328 e. The lowest BCUT2D eigenvalue weighted by Gasteiger charge is -2.45. The van der Waals surface area contributed by atoms with Crippen molar-refractivity contribution >= 4 is 0 Å². The van der Waals surface area contributed by atoms with Gasteiger partial charge in [0.25, 0.3) is 5.56 Å². The number of hydrogen-bond donors (Lipinski definition) is 3. The van der Waals surface area contributed by atoms with Crippen molar-refractivity contribution in [1.29, 1.82) is 0 Å². The normalized spacial score (nSPS) is 40.8. The summed E-state index contributed by atoms with van der Waals surface area (Å²) < 4.78 is 20.8. The third kappa shape index (κ3) is 1.60. The number of ether oxygens (including phenoxy) is 1. The van der Waals surface area contributed by atoms with E-state index in [0.717, 1.165) is 6.07 Å². The van der Waals surface area contributed by atoms with Crippen molar-refractivity contribution < 1.29 is 19.3 Å². The number of nitrogens with one attached hydrogen (secondary N) is 1. The van der Waals surface area contributed by atoms with E-state index in [9.17, 15) is 19.1 Å². The van der Waals surface area contributed by atoms with E-state index in [1.165, 1.54) is 10.8 Å². The van der Waals surface area contributed by atoms with Crippen molar-refractivity contribution in [3.8, 4) is 0 Å². The number of halogens is 1. The molecule has 5 atom stereocenters. The molecular weight excluding hydrogens is 259 g/mol. The van der Waals surface area contributed by atoms with Gasteiger partial charge in [-0.25, -0.2) is 9.18 Å². The molecule has 8 heteroatoms. The molecule has 2 aliphatic rings. The molecule has 1 aliphatic carbocycles. The first-order valence-electron chi connectivity index (χ1n) is 5.92. The van der Waals surface area contributed by atoms with E-state index in [1.807, 2.05) is 0 Å². The van der Waals surface area contributed by atoms with Crippen LogP contribution < -0.4 is 11.2 Å². The smallest absolute Gasteiger partial charge is 0.328 e. The zero-order valence-corrected chi connectivity index (χ0v) is 9.82. The summed E-state index contributed by atoms with van der Waals surface area (Å²) >= 11 is 0. The van der Waals surface area contributed by atoms with E-state index >= 15 is 0 Å². The van der Waals surface area contributed by atoms with Crippen LogP contribution in [0, 0.1) is 0 Å². The van der Waals surface area contributed by atoms with Gasteiger partial charge >= 0.3 is 5.69 Å². The Kier molecular flexibility index (Phi) is 2.63. The van der Waals surface area contributed by atoms with Gasteiger partial charge in [0.15, 0.2) is 5.67 Å². The fourth-order valence-electron chi connectivity index (χ4n) is 2.84. The van der Waals surface area contributed by atoms with Gasteiger partial charge in [0.1, 0.15) is 18.3 Å². The lowest BCUT2D eigenvalue weighted by Crippen LogP contribution is -2.60. The molecule has 2 heterocycles. The molecule has 1 aliphatic heterocycles. The van der Waals surface area contributed by atoms with Gasteiger partial charge in [-0.1, -0.05) is 0 Å². The van der Waals surface area contributed by atoms with Crippen molar-refractivity contribution in [2.45, 2.75) is 36.4 Å². The van der Waals surface area contributed by atoms with E-state index in [1.54, 1.807) is 0 Å². The number of aromatic amines is 1. The lowest BCUT2D eigenvalue weighted by atomic mass is 9.71. The number of aliphatic hydroxyl groups is 2. The Bertz CT molecular complexity index is 614. The molecule has 0 amide bonds. The monoisotopic (exact) mass is 272 g/mol. The first kappa shape index (κ1) is 12.5. The maximum absolute atomic E-state index is 14.4. The first-order chi connectivity index (χ1) is 8.97. The van der Waals surface area contributed by atoms with Crippen LogP contribution in [0.5, 0.6) is 0 Å². The number of rotatable bonds is 2. The minimum Gasteiger partial charge on any atom is -0.394 e. The fourth-order valence-corrected chi connectivity index (χ4v) is 2.84. The summed E-state index contributed by atoms with van der Waals surface area (Å²) in [6.07, 6.45) is -2.21. The number of alkyl halides is 1. The Hall–Kier alpha value is -1.51. The number of fused-ring (bicyclic) bond motifs is 1. The molecule has 1 saturated carbocycles. The SMILES string of the molecule is O=c1ccn(C2C[C@]3(F)C(O)[C@@H](CO)O[C@@H]23)c(=O)[nH]1. The van der Waals surface area contributed by atoms with Gasteiger partial charge < -0.3 is 14.9 Å². The minimum absolute atomic E-state index is 0.0959. The van der Waals surface area contributed by atoms with Crippen molar-refractivity contribution in [2.75, 3.05) is 6.61 Å². The third-order valence-corrected chi connectivity index (χ3v) is 3.90. The summed E-state index contributed by atoms with van der Waals surface area (Å²) in [5, 5.41) is 18.7. The fraction of sp³-hybridized carbons (Fsp3) is 0.636. The number of nitrogens with zero attached hydrogens (tertiary/aromatic N) is 1. The van der Waals surface area contributed by atoms with Gasteiger partial charge in [-0.05, 0) is 0 Å². The van der Waals surface area contributed by atoms with Gasteiger partial charge in [-0.2, -0.15) is 0 Å². The van der Waals surface area contributed by atoms with Crippen LogP contribution in [0.25, 0.3) is 0 Å². The molecule has 104 valence electrons. The van der Waals surface area contributed by atoms with Crippen molar-refractivity contribution in [1.82, 2.24) is 9.55 Å². The number of hydrogen-bond acceptors (Lipinski definition) is 5. The average Bonchev–Trinajstić information content (AvgIpc) is 2.54. The molecule has 1 aromatic heterocycles. The zero-order valence-electron chi connectivity index (χ0n) is 9.82. The Morgan fingerprint density at radius 2 is 2.32 bits per heavy atom. The second kappa shape index (κ2) is 3.99. The van der Waals surface area contributed by atoms with Crippen LogP contribution in [-0.2, 0) is 4.74 Å². The summed E-state index contributed by atoms with van der Waals surface area (Å²) in [5.74, 6) is 0. The number of H-pyrrole nitrogens is 1. The Balaban J connectivity index is 1.91. The maximum atomic E-state index is 14.4. The number of aliphatic hydroxyl groups excluding tert-OH is 2. The molecule has 2 unspecified atom stereocenters. The van der Waals surface area contributed by atoms with E-state index in [-0.39, 0.29) is 6.42 Å². The summed E-state index contributed by atoms with van der Waals surface area (Å²) in [5.41, 5.74) is -3.13. The van der Waals surface area contributed by atoms with Crippen LogP contribution in [0.15, 0.2) is 21.9 Å². The molecule has 7 nitrogen and oxygen atoms in total. The zero-order chi connectivity index (χ0) is 13.8. The molecule has 0 radical (unpaired) electrons. The van der Waals surface area contributed by atoms with Crippen LogP contribution >= 0.6 is 0 Å². The highest BCUT2D eigenvalue weighted by atomic mass is 19.1. The summed E-state index contributed by atoms with van der Waals surface area (Å²) in [4.78, 5) is 24.7. The Morgan fingerprint density at radius 3 is 2.95 bits per heavy atom. The highest BCUT2D eigenvalue weighted by molar-refractivity contribution is 5.17. The topological polar surface area (TPSA) is 105 Å². The van der Waals surface area contributed by atoms with Crippen molar-refractivity contribution in [3.63, 3.8) is 0 Å². The van der Waals surface area contributed by atoms with E-state index < -0.39 is 47.9 Å². The van der Waals surface area contributed by atoms with Crippen molar-refractivity contribution in [3.05, 3.63) is 33.1 Å². The van der Waals surface area contributed by atoms with E-state index in [0.29, 0.717) is 0 Å². The van der Waals surface area contributed by atoms with Crippen LogP contribution in [-0.4, -0.2) is 50.4 Å². The molecule has 0 spiro atoms. The quantitative estimate of drug-likeness (QED) is 0.596. The predicted octanol–water partition coefficient (Wildman–Crippen LogP) is -1.69. The molecular formula is C11H13FN2O5. The largest absolute Gasteiger partial charge is 0.394 e. The average molecular weight is 272 g/mol. The second-order valence-electron chi connectivity index (χ2n) is 4.94. The molecule has 3 N–H and O–H groups in total. The highest BCUT2D eigenvalue weighted by Crippen LogP contribution is 2.53. The van der Waals surface area contributed by atoms with Gasteiger partial charge in [0.05, 0.1) is 12.6 Å². The molecule has 0 bridgehead atoms. The van der Waals surface area contributed by atoms with Gasteiger partial charge in [0, 0.05) is 18.7 Å². The summed E-state index contributed by atoms with van der Waals surface area (Å²) in [6.45, 7) is -0.490. The highest BCUT2D eigenvalue weighted by Gasteiger charge is 2.68. The molecule has 3 rings (SSSR count). The van der Waals surface area contributed by atoms with Crippen LogP contribution in [0.4, 0.5) is 4.39 Å². The van der Waals surface area contributed by atoms with Crippen LogP contribution in [0.1, 0.15) is 12.5 Å². The van der Waals surface area contributed by atoms with E-state index in [2.05, 4.69) is 4.98 Å². The standard InChI is InChI=1S/C11H13FN2O5/c12-11-3-5(9(11)19-6(4-15)8(11)17)14-2-1-7(16)13-10(14)18/h1-2,5-6,8-9,15,17H,3-4H2,(H,13,16,18)/t5?,6-,8?,9+,11+/m1/s1. The van der Waals surface area contributed by atoms with Crippen LogP contribution in [0.2, 0.25) is 0 Å². The Labute approximate surface area is 106 Å². The van der Waals surface area contributed by atoms with E-state index in [4.69, 9.17) is 9.84 Å². The predicted molar refractivity (Wildman–Crippen MR) is 60.6 cm³/mol. The molecule has 0 aromatic carbocycles. The molecule has 19 heavy (non-hydrogen) atoms.